The molecule has 1 rings (SSSR count). The zero-order valence-electron chi connectivity index (χ0n) is 5.98. The highest BCUT2D eigenvalue weighted by Crippen LogP contribution is 2.58. The third-order valence-electron chi connectivity index (χ3n) is 1.49. The van der Waals surface area contributed by atoms with Gasteiger partial charge >= 0.3 is 7.60 Å². The molecule has 1 N–H and O–H groups in total. The van der Waals surface area contributed by atoms with E-state index in [0.29, 0.717) is 6.42 Å². The van der Waals surface area contributed by atoms with Crippen LogP contribution in [0.2, 0.25) is 0 Å². The molecule has 0 aromatic heterocycles. The number of aliphatic hydroxyl groups excluding tert-OH is 1. The van der Waals surface area contributed by atoms with Gasteiger partial charge in [-0.2, -0.15) is 0 Å². The Labute approximate surface area is 59.7 Å². The first kappa shape index (κ1) is 8.21. The van der Waals surface area contributed by atoms with Gasteiger partial charge in [0.15, 0.2) is 5.85 Å². The van der Waals surface area contributed by atoms with Crippen LogP contribution in [0.4, 0.5) is 0 Å². The Balaban J connectivity index is 2.71. The maximum absolute atomic E-state index is 11.2. The van der Waals surface area contributed by atoms with Crippen LogP contribution < -0.4 is 0 Å². The van der Waals surface area contributed by atoms with Crippen molar-refractivity contribution in [1.29, 1.82) is 0 Å². The van der Waals surface area contributed by atoms with Crippen molar-refractivity contribution in [3.8, 4) is 0 Å². The van der Waals surface area contributed by atoms with E-state index in [0.717, 1.165) is 0 Å². The van der Waals surface area contributed by atoms with Crippen molar-refractivity contribution in [1.82, 2.24) is 0 Å². The predicted octanol–water partition coefficient (Wildman–Crippen LogP) is 0.953. The van der Waals surface area contributed by atoms with Gasteiger partial charge in [0.05, 0.1) is 6.10 Å². The summed E-state index contributed by atoms with van der Waals surface area (Å²) in [7, 11) is -1.86. The monoisotopic (exact) mass is 166 g/mol. The fourth-order valence-corrected chi connectivity index (χ4v) is 2.57. The van der Waals surface area contributed by atoms with Crippen molar-refractivity contribution in [2.45, 2.75) is 25.3 Å². The van der Waals surface area contributed by atoms with Crippen molar-refractivity contribution in [2.75, 3.05) is 7.11 Å². The topological polar surface area (TPSA) is 55.8 Å². The van der Waals surface area contributed by atoms with Gasteiger partial charge in [0, 0.05) is 13.5 Å². The molecule has 0 aromatic rings. The third kappa shape index (κ3) is 1.25. The maximum atomic E-state index is 11.2. The number of rotatable bonds is 1. The fourth-order valence-electron chi connectivity index (χ4n) is 0.955. The quantitative estimate of drug-likeness (QED) is 0.589. The molecule has 0 aromatic carbocycles. The van der Waals surface area contributed by atoms with E-state index in [9.17, 15) is 4.57 Å². The molecular weight excluding hydrogens is 155 g/mol. The van der Waals surface area contributed by atoms with Crippen molar-refractivity contribution < 1.29 is 18.7 Å². The summed E-state index contributed by atoms with van der Waals surface area (Å²) in [6.45, 7) is 1.75. The lowest BCUT2D eigenvalue weighted by molar-refractivity contribution is 0.205. The Morgan fingerprint density at radius 3 is 2.60 bits per heavy atom. The van der Waals surface area contributed by atoms with E-state index in [4.69, 9.17) is 9.63 Å². The predicted molar refractivity (Wildman–Crippen MR) is 35.8 cm³/mol. The highest BCUT2D eigenvalue weighted by Gasteiger charge is 2.42. The van der Waals surface area contributed by atoms with Crippen LogP contribution in [0.3, 0.4) is 0 Å². The van der Waals surface area contributed by atoms with E-state index in [2.05, 4.69) is 4.52 Å². The Bertz CT molecular complexity index is 169. The van der Waals surface area contributed by atoms with Crippen LogP contribution in [0.15, 0.2) is 0 Å². The first-order valence-corrected chi connectivity index (χ1v) is 4.71. The molecule has 0 radical (unpaired) electrons. The molecule has 0 bridgehead atoms. The Hall–Kier alpha value is 0.110. The first-order valence-electron chi connectivity index (χ1n) is 3.10. The largest absolute Gasteiger partial charge is 0.380 e. The number of hydrogen-bond acceptors (Lipinski definition) is 4. The van der Waals surface area contributed by atoms with Gasteiger partial charge in [-0.3, -0.25) is 4.57 Å². The summed E-state index contributed by atoms with van der Waals surface area (Å²) in [5, 5.41) is 9.11. The SMILES string of the molecule is CO[P@]1(=O)O[C@@H](C)C[C@@H]1O. The van der Waals surface area contributed by atoms with E-state index in [1.807, 2.05) is 0 Å². The van der Waals surface area contributed by atoms with E-state index in [1.165, 1.54) is 7.11 Å². The van der Waals surface area contributed by atoms with E-state index in [-0.39, 0.29) is 6.10 Å². The van der Waals surface area contributed by atoms with Gasteiger partial charge < -0.3 is 14.2 Å². The average Bonchev–Trinajstić information content (AvgIpc) is 2.09. The minimum Gasteiger partial charge on any atom is -0.380 e. The molecule has 1 aliphatic rings. The lowest BCUT2D eigenvalue weighted by Gasteiger charge is -2.10. The van der Waals surface area contributed by atoms with Crippen LogP contribution >= 0.6 is 7.60 Å². The minimum atomic E-state index is -3.14. The fraction of sp³-hybridized carbons (Fsp3) is 1.00. The molecule has 0 amide bonds. The molecule has 0 saturated carbocycles. The second kappa shape index (κ2) is 2.62. The second-order valence-corrected chi connectivity index (χ2v) is 4.61. The van der Waals surface area contributed by atoms with Gasteiger partial charge in [0.25, 0.3) is 0 Å². The zero-order chi connectivity index (χ0) is 7.78. The summed E-state index contributed by atoms with van der Waals surface area (Å²) in [6.07, 6.45) is 0.228. The number of aliphatic hydroxyl groups is 1. The lowest BCUT2D eigenvalue weighted by Crippen LogP contribution is -2.02. The summed E-state index contributed by atoms with van der Waals surface area (Å²) < 4.78 is 20.7. The first-order chi connectivity index (χ1) is 4.58. The van der Waals surface area contributed by atoms with E-state index in [1.54, 1.807) is 6.92 Å². The Morgan fingerprint density at radius 1 is 1.80 bits per heavy atom. The zero-order valence-corrected chi connectivity index (χ0v) is 6.88. The molecule has 0 spiro atoms. The molecule has 0 unspecified atom stereocenters. The van der Waals surface area contributed by atoms with Crippen LogP contribution in [0.1, 0.15) is 13.3 Å². The van der Waals surface area contributed by atoms with Crippen LogP contribution in [0.5, 0.6) is 0 Å². The highest BCUT2D eigenvalue weighted by atomic mass is 31.2. The Kier molecular flexibility index (Phi) is 2.15. The van der Waals surface area contributed by atoms with Crippen LogP contribution in [0, 0.1) is 0 Å². The summed E-state index contributed by atoms with van der Waals surface area (Å²) in [5.74, 6) is -0.938. The molecule has 60 valence electrons. The normalized spacial score (nSPS) is 47.9. The van der Waals surface area contributed by atoms with Crippen LogP contribution in [-0.4, -0.2) is 24.2 Å². The van der Waals surface area contributed by atoms with Crippen LogP contribution in [0.25, 0.3) is 0 Å². The van der Waals surface area contributed by atoms with E-state index < -0.39 is 13.4 Å². The minimum absolute atomic E-state index is 0.166. The van der Waals surface area contributed by atoms with Gasteiger partial charge in [-0.1, -0.05) is 0 Å². The molecule has 3 atom stereocenters. The van der Waals surface area contributed by atoms with Crippen molar-refractivity contribution in [3.63, 3.8) is 0 Å². The van der Waals surface area contributed by atoms with Gasteiger partial charge in [-0.15, -0.1) is 0 Å². The van der Waals surface area contributed by atoms with Gasteiger partial charge in [-0.05, 0) is 6.92 Å². The van der Waals surface area contributed by atoms with Crippen molar-refractivity contribution in [3.05, 3.63) is 0 Å². The molecule has 5 heteroatoms. The molecule has 1 saturated heterocycles. The molecule has 1 fully saturated rings. The summed E-state index contributed by atoms with van der Waals surface area (Å²) in [4.78, 5) is 0. The lowest BCUT2D eigenvalue weighted by atomic mass is 10.3. The summed E-state index contributed by atoms with van der Waals surface area (Å²) >= 11 is 0. The average molecular weight is 166 g/mol. The molecule has 10 heavy (non-hydrogen) atoms. The smallest absolute Gasteiger partial charge is 0.358 e. The number of hydrogen-bond donors (Lipinski definition) is 1. The summed E-state index contributed by atoms with van der Waals surface area (Å²) in [5.41, 5.74) is 0. The van der Waals surface area contributed by atoms with Gasteiger partial charge in [-0.25, -0.2) is 0 Å². The molecule has 1 aliphatic heterocycles. The van der Waals surface area contributed by atoms with Gasteiger partial charge in [0.1, 0.15) is 0 Å². The van der Waals surface area contributed by atoms with Crippen molar-refractivity contribution >= 4 is 7.60 Å². The van der Waals surface area contributed by atoms with Crippen molar-refractivity contribution in [2.24, 2.45) is 0 Å². The third-order valence-corrected chi connectivity index (χ3v) is 3.59. The molecule has 1 heterocycles. The Morgan fingerprint density at radius 2 is 2.40 bits per heavy atom. The summed E-state index contributed by atoms with van der Waals surface area (Å²) in [6, 6.07) is 0. The maximum Gasteiger partial charge on any atom is 0.358 e. The van der Waals surface area contributed by atoms with Crippen LogP contribution in [-0.2, 0) is 13.6 Å². The van der Waals surface area contributed by atoms with Gasteiger partial charge in [0.2, 0.25) is 0 Å². The molecular formula is C5H11O4P. The second-order valence-electron chi connectivity index (χ2n) is 2.35. The molecule has 4 nitrogen and oxygen atoms in total. The standard InChI is InChI=1S/C5H11O4P/c1-4-3-5(6)10(7,8-2)9-4/h4-6H,3H2,1-2H3/t4-,5+,10-/m0/s1. The van der Waals surface area contributed by atoms with E-state index >= 15 is 0 Å². The molecule has 0 aliphatic carbocycles. The highest BCUT2D eigenvalue weighted by molar-refractivity contribution is 7.54.